The Morgan fingerprint density at radius 3 is 2.65 bits per heavy atom. The molecule has 0 unspecified atom stereocenters. The monoisotopic (exact) mass is 327 g/mol. The summed E-state index contributed by atoms with van der Waals surface area (Å²) < 4.78 is 0. The molecular weight excluding hydrogens is 306 g/mol. The first-order chi connectivity index (χ1) is 11.1. The van der Waals surface area contributed by atoms with Crippen LogP contribution in [0.5, 0.6) is 0 Å². The number of nitrogens with one attached hydrogen (secondary N) is 1. The third kappa shape index (κ3) is 4.01. The Kier molecular flexibility index (Phi) is 5.14. The second-order valence-corrected chi connectivity index (χ2v) is 6.76. The van der Waals surface area contributed by atoms with E-state index in [2.05, 4.69) is 29.6 Å². The van der Waals surface area contributed by atoms with E-state index in [1.807, 2.05) is 13.0 Å². The van der Waals surface area contributed by atoms with E-state index in [0.29, 0.717) is 17.4 Å². The average molecular weight is 328 g/mol. The van der Waals surface area contributed by atoms with E-state index in [9.17, 15) is 4.79 Å². The lowest BCUT2D eigenvalue weighted by molar-refractivity contribution is 0.0993. The predicted molar refractivity (Wildman–Crippen MR) is 95.5 cm³/mol. The maximum absolute atomic E-state index is 12.4. The van der Waals surface area contributed by atoms with Gasteiger partial charge in [-0.2, -0.15) is 0 Å². The third-order valence-electron chi connectivity index (χ3n) is 4.59. The minimum Gasteiger partial charge on any atom is -0.316 e. The van der Waals surface area contributed by atoms with Gasteiger partial charge in [0.2, 0.25) is 0 Å². The summed E-state index contributed by atoms with van der Waals surface area (Å²) >= 11 is 6.02. The first-order valence-corrected chi connectivity index (χ1v) is 8.60. The third-order valence-corrected chi connectivity index (χ3v) is 5.02. The molecule has 1 atom stereocenters. The zero-order chi connectivity index (χ0) is 16.2. The van der Waals surface area contributed by atoms with Crippen molar-refractivity contribution >= 4 is 17.4 Å². The molecule has 0 bridgehead atoms. The van der Waals surface area contributed by atoms with E-state index in [0.717, 1.165) is 29.8 Å². The molecule has 0 aromatic heterocycles. The van der Waals surface area contributed by atoms with Crippen molar-refractivity contribution in [2.45, 2.75) is 32.1 Å². The summed E-state index contributed by atoms with van der Waals surface area (Å²) in [6, 6.07) is 14.0. The zero-order valence-corrected chi connectivity index (χ0v) is 14.2. The van der Waals surface area contributed by atoms with E-state index < -0.39 is 0 Å². The first-order valence-electron chi connectivity index (χ1n) is 8.22. The molecule has 1 saturated heterocycles. The van der Waals surface area contributed by atoms with Gasteiger partial charge in [0.1, 0.15) is 0 Å². The van der Waals surface area contributed by atoms with Crippen LogP contribution < -0.4 is 5.32 Å². The molecule has 1 N–H and O–H groups in total. The lowest BCUT2D eigenvalue weighted by atomic mass is 9.90. The number of halogens is 1. The van der Waals surface area contributed by atoms with Gasteiger partial charge >= 0.3 is 0 Å². The highest BCUT2D eigenvalue weighted by Crippen LogP contribution is 2.24. The summed E-state index contributed by atoms with van der Waals surface area (Å²) in [5, 5.41) is 4.15. The summed E-state index contributed by atoms with van der Waals surface area (Å²) in [6.07, 6.45) is 2.92. The summed E-state index contributed by atoms with van der Waals surface area (Å²) in [5.74, 6) is 0.740. The van der Waals surface area contributed by atoms with Crippen LogP contribution in [0.15, 0.2) is 42.5 Å². The van der Waals surface area contributed by atoms with Gasteiger partial charge in [-0.1, -0.05) is 35.9 Å². The van der Waals surface area contributed by atoms with Crippen molar-refractivity contribution in [1.82, 2.24) is 5.32 Å². The molecule has 0 aliphatic carbocycles. The fourth-order valence-corrected chi connectivity index (χ4v) is 3.27. The van der Waals surface area contributed by atoms with Gasteiger partial charge in [0.05, 0.1) is 0 Å². The summed E-state index contributed by atoms with van der Waals surface area (Å²) in [5.41, 5.74) is 4.11. The molecule has 2 aromatic rings. The van der Waals surface area contributed by atoms with E-state index >= 15 is 0 Å². The molecule has 0 radical (unpaired) electrons. The van der Waals surface area contributed by atoms with Crippen molar-refractivity contribution in [2.24, 2.45) is 0 Å². The van der Waals surface area contributed by atoms with Crippen LogP contribution in [0.4, 0.5) is 0 Å². The van der Waals surface area contributed by atoms with Gasteiger partial charge in [-0.05, 0) is 67.1 Å². The highest BCUT2D eigenvalue weighted by molar-refractivity contribution is 6.31. The lowest BCUT2D eigenvalue weighted by Crippen LogP contribution is -2.28. The van der Waals surface area contributed by atoms with Crippen LogP contribution in [0, 0.1) is 6.92 Å². The van der Waals surface area contributed by atoms with Crippen LogP contribution in [0.25, 0.3) is 0 Å². The topological polar surface area (TPSA) is 29.1 Å². The Bertz CT molecular complexity index is 687. The summed E-state index contributed by atoms with van der Waals surface area (Å²) in [6.45, 7) is 4.11. The van der Waals surface area contributed by atoms with Crippen molar-refractivity contribution in [1.29, 1.82) is 0 Å². The Hall–Kier alpha value is -1.64. The molecule has 3 heteroatoms. The van der Waals surface area contributed by atoms with Gasteiger partial charge in [-0.3, -0.25) is 4.79 Å². The Morgan fingerprint density at radius 2 is 2.00 bits per heavy atom. The van der Waals surface area contributed by atoms with E-state index in [4.69, 9.17) is 11.6 Å². The number of aryl methyl sites for hydroxylation is 1. The second kappa shape index (κ2) is 7.29. The number of benzene rings is 2. The van der Waals surface area contributed by atoms with Crippen LogP contribution >= 0.6 is 11.6 Å². The normalized spacial score (nSPS) is 17.9. The number of ketones is 1. The summed E-state index contributed by atoms with van der Waals surface area (Å²) in [4.78, 5) is 12.4. The minimum absolute atomic E-state index is 0.136. The largest absolute Gasteiger partial charge is 0.316 e. The standard InChI is InChI=1S/C20H22ClNO/c1-14-11-17(8-9-19(14)21)20(23)12-15-4-6-16(7-5-15)18-3-2-10-22-13-18/h4-9,11,18,22H,2-3,10,12-13H2,1H3/t18-/m1/s1. The van der Waals surface area contributed by atoms with Gasteiger partial charge in [0.25, 0.3) is 0 Å². The second-order valence-electron chi connectivity index (χ2n) is 6.35. The van der Waals surface area contributed by atoms with Gasteiger partial charge in [-0.25, -0.2) is 0 Å². The fraction of sp³-hybridized carbons (Fsp3) is 0.350. The number of carbonyl (C=O) groups is 1. The SMILES string of the molecule is Cc1cc(C(=O)Cc2ccc([C@@H]3CCCNC3)cc2)ccc1Cl. The molecule has 23 heavy (non-hydrogen) atoms. The van der Waals surface area contributed by atoms with E-state index in [1.165, 1.54) is 18.4 Å². The van der Waals surface area contributed by atoms with Crippen LogP contribution in [0.3, 0.4) is 0 Å². The zero-order valence-electron chi connectivity index (χ0n) is 13.4. The number of carbonyl (C=O) groups excluding carboxylic acids is 1. The van der Waals surface area contributed by atoms with Crippen LogP contribution in [0.2, 0.25) is 5.02 Å². The minimum atomic E-state index is 0.136. The molecule has 0 spiro atoms. The van der Waals surface area contributed by atoms with Gasteiger partial charge < -0.3 is 5.32 Å². The predicted octanol–water partition coefficient (Wildman–Crippen LogP) is 4.54. The smallest absolute Gasteiger partial charge is 0.167 e. The molecule has 1 heterocycles. The first kappa shape index (κ1) is 16.2. The number of rotatable bonds is 4. The van der Waals surface area contributed by atoms with Crippen LogP contribution in [-0.2, 0) is 6.42 Å². The quantitative estimate of drug-likeness (QED) is 0.835. The average Bonchev–Trinajstić information content (AvgIpc) is 2.59. The van der Waals surface area contributed by atoms with Gasteiger partial charge in [-0.15, -0.1) is 0 Å². The maximum atomic E-state index is 12.4. The number of hydrogen-bond acceptors (Lipinski definition) is 2. The van der Waals surface area contributed by atoms with Crippen molar-refractivity contribution in [3.63, 3.8) is 0 Å². The molecule has 120 valence electrons. The van der Waals surface area contributed by atoms with Crippen molar-refractivity contribution in [3.8, 4) is 0 Å². The molecule has 0 saturated carbocycles. The molecule has 2 aromatic carbocycles. The van der Waals surface area contributed by atoms with E-state index in [1.54, 1.807) is 12.1 Å². The van der Waals surface area contributed by atoms with Gasteiger partial charge in [0, 0.05) is 23.6 Å². The Morgan fingerprint density at radius 1 is 1.22 bits per heavy atom. The molecule has 3 rings (SSSR count). The molecule has 2 nitrogen and oxygen atoms in total. The molecule has 1 fully saturated rings. The molecular formula is C20H22ClNO. The van der Waals surface area contributed by atoms with Gasteiger partial charge in [0.15, 0.2) is 5.78 Å². The number of hydrogen-bond donors (Lipinski definition) is 1. The Labute approximate surface area is 142 Å². The molecule has 0 amide bonds. The maximum Gasteiger partial charge on any atom is 0.167 e. The van der Waals surface area contributed by atoms with Crippen molar-refractivity contribution in [3.05, 3.63) is 69.7 Å². The van der Waals surface area contributed by atoms with Crippen LogP contribution in [0.1, 0.15) is 45.8 Å². The fourth-order valence-electron chi connectivity index (χ4n) is 3.15. The van der Waals surface area contributed by atoms with E-state index in [-0.39, 0.29) is 5.78 Å². The van der Waals surface area contributed by atoms with Crippen LogP contribution in [-0.4, -0.2) is 18.9 Å². The highest BCUT2D eigenvalue weighted by Gasteiger charge is 2.15. The van der Waals surface area contributed by atoms with Crippen molar-refractivity contribution in [2.75, 3.05) is 13.1 Å². The highest BCUT2D eigenvalue weighted by atomic mass is 35.5. The number of Topliss-reactive ketones (excluding diaryl/α,β-unsaturated/α-hetero) is 1. The molecule has 1 aliphatic heterocycles. The molecule has 1 aliphatic rings. The lowest BCUT2D eigenvalue weighted by Gasteiger charge is -2.23. The Balaban J connectivity index is 1.67. The van der Waals surface area contributed by atoms with Crippen molar-refractivity contribution < 1.29 is 4.79 Å². The summed E-state index contributed by atoms with van der Waals surface area (Å²) in [7, 11) is 0. The number of piperidine rings is 1.